The van der Waals surface area contributed by atoms with Crippen molar-refractivity contribution in [1.29, 1.82) is 0 Å². The van der Waals surface area contributed by atoms with Crippen LogP contribution in [0.25, 0.3) is 0 Å². The maximum absolute atomic E-state index is 12.7. The zero-order chi connectivity index (χ0) is 29.3. The normalized spacial score (nSPS) is 48.7. The number of hydrogen-bond donors (Lipinski definition) is 0. The molecule has 4 heteroatoms. The van der Waals surface area contributed by atoms with Crippen LogP contribution in [0.2, 0.25) is 0 Å². The number of carbonyl (C=O) groups is 1. The van der Waals surface area contributed by atoms with Gasteiger partial charge in [0.2, 0.25) is 0 Å². The zero-order valence-corrected chi connectivity index (χ0v) is 27.3. The van der Waals surface area contributed by atoms with Gasteiger partial charge in [-0.25, -0.2) is 0 Å². The molecule has 1 aliphatic heterocycles. The summed E-state index contributed by atoms with van der Waals surface area (Å²) in [7, 11) is 0. The fourth-order valence-corrected chi connectivity index (χ4v) is 12.9. The second-order valence-corrected chi connectivity index (χ2v) is 17.1. The van der Waals surface area contributed by atoms with E-state index in [1.54, 1.807) is 6.92 Å². The highest BCUT2D eigenvalue weighted by Gasteiger charge is 2.70. The van der Waals surface area contributed by atoms with E-state index in [9.17, 15) is 4.79 Å². The number of hydrogen-bond acceptors (Lipinski definition) is 4. The number of esters is 1. The molecule has 232 valence electrons. The Labute approximate surface area is 251 Å². The largest absolute Gasteiger partial charge is 0.432 e. The summed E-state index contributed by atoms with van der Waals surface area (Å²) >= 11 is 0. The molecular weight excluding hydrogens is 508 g/mol. The summed E-state index contributed by atoms with van der Waals surface area (Å²) in [6, 6.07) is 0. The Kier molecular flexibility index (Phi) is 7.83. The number of allylic oxidation sites excluding steroid dienone is 1. The highest BCUT2D eigenvalue weighted by Crippen LogP contribution is 2.77. The maximum Gasteiger partial charge on any atom is 0.311 e. The van der Waals surface area contributed by atoms with Gasteiger partial charge in [-0.2, -0.15) is 0 Å². The molecule has 0 aromatic heterocycles. The van der Waals surface area contributed by atoms with E-state index >= 15 is 0 Å². The lowest BCUT2D eigenvalue weighted by molar-refractivity contribution is -0.250. The molecule has 4 nitrogen and oxygen atoms in total. The van der Waals surface area contributed by atoms with Crippen LogP contribution in [0.5, 0.6) is 0 Å². The van der Waals surface area contributed by atoms with Gasteiger partial charge in [0.25, 0.3) is 0 Å². The van der Waals surface area contributed by atoms with E-state index in [4.69, 9.17) is 14.2 Å². The molecule has 1 unspecified atom stereocenters. The molecular formula is C37H60O4. The number of rotatable bonds is 6. The predicted octanol–water partition coefficient (Wildman–Crippen LogP) is 9.47. The van der Waals surface area contributed by atoms with Crippen LogP contribution in [0.15, 0.2) is 12.3 Å². The molecule has 6 fully saturated rings. The zero-order valence-electron chi connectivity index (χ0n) is 27.3. The fourth-order valence-electron chi connectivity index (χ4n) is 12.9. The van der Waals surface area contributed by atoms with Crippen LogP contribution in [0.4, 0.5) is 0 Å². The molecule has 5 aliphatic carbocycles. The molecule has 0 amide bonds. The molecule has 0 bridgehead atoms. The Morgan fingerprint density at radius 3 is 2.34 bits per heavy atom. The molecule has 10 atom stereocenters. The van der Waals surface area contributed by atoms with Gasteiger partial charge >= 0.3 is 5.97 Å². The highest BCUT2D eigenvalue weighted by atomic mass is 16.7. The first-order chi connectivity index (χ1) is 19.4. The summed E-state index contributed by atoms with van der Waals surface area (Å²) in [6.07, 6.45) is 18.8. The fraction of sp³-hybridized carbons (Fsp3) is 0.919. The number of carbonyl (C=O) groups excluding carboxylic acids is 1. The molecule has 41 heavy (non-hydrogen) atoms. The van der Waals surface area contributed by atoms with Crippen molar-refractivity contribution < 1.29 is 19.0 Å². The van der Waals surface area contributed by atoms with Crippen molar-refractivity contribution in [3.05, 3.63) is 12.3 Å². The maximum atomic E-state index is 12.7. The van der Waals surface area contributed by atoms with Gasteiger partial charge in [0, 0.05) is 13.0 Å². The summed E-state index contributed by atoms with van der Waals surface area (Å²) in [5.41, 5.74) is 1.69. The predicted molar refractivity (Wildman–Crippen MR) is 164 cm³/mol. The second kappa shape index (κ2) is 10.6. The van der Waals surface area contributed by atoms with Crippen molar-refractivity contribution in [2.75, 3.05) is 13.2 Å². The van der Waals surface area contributed by atoms with Crippen LogP contribution >= 0.6 is 0 Å². The molecule has 1 saturated heterocycles. The van der Waals surface area contributed by atoms with E-state index < -0.39 is 0 Å². The van der Waals surface area contributed by atoms with Gasteiger partial charge in [0.15, 0.2) is 6.29 Å². The lowest BCUT2D eigenvalue weighted by Crippen LogP contribution is -2.66. The van der Waals surface area contributed by atoms with Gasteiger partial charge in [-0.05, 0) is 147 Å². The van der Waals surface area contributed by atoms with E-state index in [2.05, 4.69) is 41.2 Å². The van der Waals surface area contributed by atoms with Gasteiger partial charge in [0.1, 0.15) is 0 Å². The summed E-state index contributed by atoms with van der Waals surface area (Å²) in [5, 5.41) is 0. The minimum Gasteiger partial charge on any atom is -0.432 e. The minimum absolute atomic E-state index is 0.0392. The Hall–Kier alpha value is -0.870. The van der Waals surface area contributed by atoms with Crippen LogP contribution < -0.4 is 0 Å². The van der Waals surface area contributed by atoms with Gasteiger partial charge in [-0.1, -0.05) is 47.6 Å². The first-order valence-electron chi connectivity index (χ1n) is 17.5. The molecule has 0 N–H and O–H groups in total. The lowest BCUT2D eigenvalue weighted by atomic mass is 9.32. The molecule has 1 heterocycles. The van der Waals surface area contributed by atoms with Crippen molar-refractivity contribution in [3.8, 4) is 0 Å². The van der Waals surface area contributed by atoms with Crippen LogP contribution in [-0.2, 0) is 19.0 Å². The third-order valence-electron chi connectivity index (χ3n) is 15.2. The van der Waals surface area contributed by atoms with Crippen LogP contribution in [0.1, 0.15) is 138 Å². The van der Waals surface area contributed by atoms with Crippen LogP contribution in [0, 0.1) is 56.7 Å². The third-order valence-corrected chi connectivity index (χ3v) is 15.2. The van der Waals surface area contributed by atoms with Crippen LogP contribution in [-0.4, -0.2) is 25.5 Å². The molecule has 0 aromatic carbocycles. The van der Waals surface area contributed by atoms with Crippen molar-refractivity contribution in [2.24, 2.45) is 56.7 Å². The molecule has 0 spiro atoms. The molecule has 6 rings (SSSR count). The van der Waals surface area contributed by atoms with Gasteiger partial charge in [-0.3, -0.25) is 4.79 Å². The smallest absolute Gasteiger partial charge is 0.311 e. The van der Waals surface area contributed by atoms with Crippen molar-refractivity contribution >= 4 is 5.97 Å². The molecule has 0 radical (unpaired) electrons. The molecule has 0 aromatic rings. The number of fused-ring (bicyclic) bond motifs is 7. The first kappa shape index (κ1) is 30.2. The Morgan fingerprint density at radius 2 is 1.61 bits per heavy atom. The average Bonchev–Trinajstić information content (AvgIpc) is 3.34. The Morgan fingerprint density at radius 1 is 0.805 bits per heavy atom. The SMILES string of the molecule is C=C(C)OC(=O)C[C@@H]1CC[C@]2(C)[C@H](CC[C@]3(C)[C@@H]2CC[C@@H]2[C@H]4CCC[C@]4(COC4CCCCO4)CC[C@]23C)C1(C)C. The number of ether oxygens (including phenoxy) is 3. The third kappa shape index (κ3) is 4.70. The summed E-state index contributed by atoms with van der Waals surface area (Å²) < 4.78 is 18.0. The van der Waals surface area contributed by atoms with E-state index in [-0.39, 0.29) is 17.7 Å². The van der Waals surface area contributed by atoms with Crippen molar-refractivity contribution in [2.45, 2.75) is 144 Å². The monoisotopic (exact) mass is 568 g/mol. The summed E-state index contributed by atoms with van der Waals surface area (Å²) in [6.45, 7) is 20.5. The average molecular weight is 569 g/mol. The van der Waals surface area contributed by atoms with Crippen LogP contribution in [0.3, 0.4) is 0 Å². The summed E-state index contributed by atoms with van der Waals surface area (Å²) in [5.74, 6) is 3.91. The minimum atomic E-state index is -0.0888. The standard InChI is InChI=1S/C37H60O4/c1-25(2)41-31(38)23-26-15-18-34(5)29(33(26,3)4)16-19-36(7)30(34)14-13-27-28-11-10-17-37(28,21-20-35(27,36)6)24-40-32-12-8-9-22-39-32/h26-30,32H,1,8-24H2,2-7H3/t26-,27+,28+,29+,30+,32?,34+,35+,36+,37+/m0/s1. The van der Waals surface area contributed by atoms with Crippen molar-refractivity contribution in [1.82, 2.24) is 0 Å². The Balaban J connectivity index is 1.21. The molecule has 6 aliphatic rings. The summed E-state index contributed by atoms with van der Waals surface area (Å²) in [4.78, 5) is 12.7. The van der Waals surface area contributed by atoms with E-state index in [0.29, 0.717) is 45.7 Å². The second-order valence-electron chi connectivity index (χ2n) is 17.1. The lowest BCUT2D eigenvalue weighted by Gasteiger charge is -2.73. The Bertz CT molecular complexity index is 1010. The van der Waals surface area contributed by atoms with E-state index in [1.165, 1.54) is 77.0 Å². The molecule has 5 saturated carbocycles. The quantitative estimate of drug-likeness (QED) is 0.236. The van der Waals surface area contributed by atoms with E-state index in [1.807, 2.05) is 0 Å². The topological polar surface area (TPSA) is 44.8 Å². The highest BCUT2D eigenvalue weighted by molar-refractivity contribution is 5.70. The first-order valence-corrected chi connectivity index (χ1v) is 17.5. The van der Waals surface area contributed by atoms with Gasteiger partial charge < -0.3 is 14.2 Å². The van der Waals surface area contributed by atoms with Crippen molar-refractivity contribution in [3.63, 3.8) is 0 Å². The van der Waals surface area contributed by atoms with Gasteiger partial charge in [0.05, 0.1) is 12.4 Å². The van der Waals surface area contributed by atoms with E-state index in [0.717, 1.165) is 43.8 Å². The van der Waals surface area contributed by atoms with Gasteiger partial charge in [-0.15, -0.1) is 0 Å².